The van der Waals surface area contributed by atoms with Crippen LogP contribution in [0.5, 0.6) is 0 Å². The van der Waals surface area contributed by atoms with E-state index in [1.54, 1.807) is 12.1 Å². The number of carbonyl (C=O) groups is 1. The van der Waals surface area contributed by atoms with Gasteiger partial charge < -0.3 is 20.3 Å². The smallest absolute Gasteiger partial charge is 0.337 e. The number of carboxylic acids is 1. The quantitative estimate of drug-likeness (QED) is 0.686. The van der Waals surface area contributed by atoms with E-state index in [4.69, 9.17) is 9.84 Å². The maximum absolute atomic E-state index is 11.1. The van der Waals surface area contributed by atoms with Gasteiger partial charge in [0, 0.05) is 19.3 Å². The van der Waals surface area contributed by atoms with E-state index in [-0.39, 0.29) is 12.2 Å². The summed E-state index contributed by atoms with van der Waals surface area (Å²) in [6.07, 6.45) is -0.0398. The Morgan fingerprint density at radius 2 is 2.22 bits per heavy atom. The first-order valence-corrected chi connectivity index (χ1v) is 5.79. The Bertz CT molecular complexity index is 406. The maximum atomic E-state index is 11.1. The molecule has 1 aromatic carbocycles. The van der Waals surface area contributed by atoms with Crippen molar-refractivity contribution in [2.24, 2.45) is 0 Å². The van der Waals surface area contributed by atoms with Crippen LogP contribution in [0.2, 0.25) is 0 Å². The number of methoxy groups -OCH3 is 1. The molecule has 1 aromatic rings. The maximum Gasteiger partial charge on any atom is 0.337 e. The molecule has 5 nitrogen and oxygen atoms in total. The third kappa shape index (κ3) is 4.35. The molecule has 18 heavy (non-hydrogen) atoms. The third-order valence-corrected chi connectivity index (χ3v) is 2.56. The lowest BCUT2D eigenvalue weighted by Crippen LogP contribution is -2.19. The summed E-state index contributed by atoms with van der Waals surface area (Å²) in [5, 5.41) is 21.6. The second-order valence-corrected chi connectivity index (χ2v) is 4.18. The van der Waals surface area contributed by atoms with Crippen molar-refractivity contribution >= 4 is 11.7 Å². The minimum Gasteiger partial charge on any atom is -0.478 e. The predicted molar refractivity (Wildman–Crippen MR) is 69.1 cm³/mol. The first-order valence-electron chi connectivity index (χ1n) is 5.79. The average Bonchev–Trinajstić information content (AvgIpc) is 2.31. The Hall–Kier alpha value is -1.59. The van der Waals surface area contributed by atoms with Crippen LogP contribution in [0, 0.1) is 6.92 Å². The van der Waals surface area contributed by atoms with Gasteiger partial charge in [0.2, 0.25) is 0 Å². The van der Waals surface area contributed by atoms with E-state index in [1.807, 2.05) is 13.0 Å². The molecule has 0 aliphatic heterocycles. The number of hydrogen-bond donors (Lipinski definition) is 3. The minimum absolute atomic E-state index is 0.247. The molecule has 5 heteroatoms. The number of nitrogens with one attached hydrogen (secondary N) is 1. The number of benzene rings is 1. The van der Waals surface area contributed by atoms with Crippen LogP contribution >= 0.6 is 0 Å². The monoisotopic (exact) mass is 253 g/mol. The normalized spacial score (nSPS) is 12.2. The molecule has 0 radical (unpaired) electrons. The number of carboxylic acid groups (broad SMARTS) is 1. The van der Waals surface area contributed by atoms with E-state index in [0.717, 1.165) is 5.56 Å². The second-order valence-electron chi connectivity index (χ2n) is 4.18. The highest BCUT2D eigenvalue weighted by atomic mass is 16.5. The number of rotatable bonds is 7. The molecular weight excluding hydrogens is 234 g/mol. The van der Waals surface area contributed by atoms with Crippen LogP contribution in [0.25, 0.3) is 0 Å². The van der Waals surface area contributed by atoms with Gasteiger partial charge in [-0.05, 0) is 25.5 Å². The first-order chi connectivity index (χ1) is 8.54. The molecule has 0 bridgehead atoms. The number of aliphatic hydroxyl groups is 1. The largest absolute Gasteiger partial charge is 0.478 e. The van der Waals surface area contributed by atoms with Crippen LogP contribution in [0.15, 0.2) is 18.2 Å². The van der Waals surface area contributed by atoms with Gasteiger partial charge in [-0.2, -0.15) is 0 Å². The zero-order valence-electron chi connectivity index (χ0n) is 10.6. The predicted octanol–water partition coefficient (Wildman–Crippen LogP) is 1.50. The number of anilines is 1. The SMILES string of the molecule is COCC(O)CCNc1ccc(C)cc1C(=O)O. The first kappa shape index (κ1) is 14.5. The Balaban J connectivity index is 2.59. The lowest BCUT2D eigenvalue weighted by atomic mass is 10.1. The van der Waals surface area contributed by atoms with Gasteiger partial charge >= 0.3 is 5.97 Å². The van der Waals surface area contributed by atoms with Crippen molar-refractivity contribution in [2.45, 2.75) is 19.4 Å². The van der Waals surface area contributed by atoms with Gasteiger partial charge in [-0.1, -0.05) is 11.6 Å². The van der Waals surface area contributed by atoms with Crippen LogP contribution in [0.3, 0.4) is 0 Å². The van der Waals surface area contributed by atoms with Crippen molar-refractivity contribution in [2.75, 3.05) is 25.6 Å². The molecule has 0 aliphatic carbocycles. The molecule has 0 aliphatic rings. The standard InChI is InChI=1S/C13H19NO4/c1-9-3-4-12(11(7-9)13(16)17)14-6-5-10(15)8-18-2/h3-4,7,10,14-15H,5-6,8H2,1-2H3,(H,16,17). The summed E-state index contributed by atoms with van der Waals surface area (Å²) in [5.41, 5.74) is 1.71. The van der Waals surface area contributed by atoms with Gasteiger partial charge in [0.25, 0.3) is 0 Å². The number of hydrogen-bond acceptors (Lipinski definition) is 4. The summed E-state index contributed by atoms with van der Waals surface area (Å²) in [6, 6.07) is 5.21. The van der Waals surface area contributed by atoms with Crippen LogP contribution in [0.1, 0.15) is 22.3 Å². The van der Waals surface area contributed by atoms with Crippen molar-refractivity contribution in [3.05, 3.63) is 29.3 Å². The fourth-order valence-electron chi connectivity index (χ4n) is 1.64. The van der Waals surface area contributed by atoms with Gasteiger partial charge in [0.1, 0.15) is 0 Å². The van der Waals surface area contributed by atoms with Crippen LogP contribution < -0.4 is 5.32 Å². The summed E-state index contributed by atoms with van der Waals surface area (Å²) >= 11 is 0. The van der Waals surface area contributed by atoms with E-state index in [2.05, 4.69) is 5.32 Å². The van der Waals surface area contributed by atoms with Crippen LogP contribution in [-0.2, 0) is 4.74 Å². The van der Waals surface area contributed by atoms with Crippen molar-refractivity contribution in [1.29, 1.82) is 0 Å². The highest BCUT2D eigenvalue weighted by molar-refractivity contribution is 5.94. The summed E-state index contributed by atoms with van der Waals surface area (Å²) in [6.45, 7) is 2.62. The van der Waals surface area contributed by atoms with Crippen molar-refractivity contribution in [1.82, 2.24) is 0 Å². The minimum atomic E-state index is -0.960. The Labute approximate surface area is 106 Å². The Morgan fingerprint density at radius 1 is 1.50 bits per heavy atom. The Morgan fingerprint density at radius 3 is 2.83 bits per heavy atom. The summed E-state index contributed by atoms with van der Waals surface area (Å²) in [4.78, 5) is 11.1. The van der Waals surface area contributed by atoms with Gasteiger partial charge in [-0.15, -0.1) is 0 Å². The van der Waals surface area contributed by atoms with E-state index < -0.39 is 12.1 Å². The highest BCUT2D eigenvalue weighted by Crippen LogP contribution is 2.17. The van der Waals surface area contributed by atoms with Crippen molar-refractivity contribution < 1.29 is 19.7 Å². The number of aliphatic hydroxyl groups excluding tert-OH is 1. The average molecular weight is 253 g/mol. The molecule has 0 aromatic heterocycles. The molecular formula is C13H19NO4. The Kier molecular flexibility index (Phi) is 5.61. The molecule has 0 amide bonds. The molecule has 0 spiro atoms. The molecule has 0 saturated carbocycles. The zero-order chi connectivity index (χ0) is 13.5. The zero-order valence-corrected chi connectivity index (χ0v) is 10.6. The second kappa shape index (κ2) is 6.98. The summed E-state index contributed by atoms with van der Waals surface area (Å²) in [7, 11) is 1.53. The van der Waals surface area contributed by atoms with Crippen LogP contribution in [-0.4, -0.2) is 42.5 Å². The molecule has 0 heterocycles. The van der Waals surface area contributed by atoms with E-state index in [0.29, 0.717) is 18.7 Å². The van der Waals surface area contributed by atoms with Gasteiger partial charge in [0.15, 0.2) is 0 Å². The van der Waals surface area contributed by atoms with Crippen LogP contribution in [0.4, 0.5) is 5.69 Å². The molecule has 1 rings (SSSR count). The lowest BCUT2D eigenvalue weighted by Gasteiger charge is -2.13. The lowest BCUT2D eigenvalue weighted by molar-refractivity contribution is 0.0615. The van der Waals surface area contributed by atoms with Crippen molar-refractivity contribution in [3.63, 3.8) is 0 Å². The number of aromatic carboxylic acids is 1. The fraction of sp³-hybridized carbons (Fsp3) is 0.462. The summed E-state index contributed by atoms with van der Waals surface area (Å²) in [5.74, 6) is -0.960. The molecule has 0 fully saturated rings. The molecule has 1 unspecified atom stereocenters. The topological polar surface area (TPSA) is 78.8 Å². The molecule has 100 valence electrons. The third-order valence-electron chi connectivity index (χ3n) is 2.56. The fourth-order valence-corrected chi connectivity index (χ4v) is 1.64. The number of ether oxygens (including phenoxy) is 1. The van der Waals surface area contributed by atoms with Gasteiger partial charge in [0.05, 0.1) is 18.3 Å². The van der Waals surface area contributed by atoms with Gasteiger partial charge in [-0.3, -0.25) is 0 Å². The number of aryl methyl sites for hydroxylation is 1. The van der Waals surface area contributed by atoms with E-state index in [1.165, 1.54) is 7.11 Å². The van der Waals surface area contributed by atoms with Crippen molar-refractivity contribution in [3.8, 4) is 0 Å². The highest BCUT2D eigenvalue weighted by Gasteiger charge is 2.10. The van der Waals surface area contributed by atoms with E-state index in [9.17, 15) is 9.90 Å². The molecule has 0 saturated heterocycles. The summed E-state index contributed by atoms with van der Waals surface area (Å²) < 4.78 is 4.81. The van der Waals surface area contributed by atoms with Gasteiger partial charge in [-0.25, -0.2) is 4.79 Å². The molecule has 1 atom stereocenters. The molecule has 3 N–H and O–H groups in total. The van der Waals surface area contributed by atoms with E-state index >= 15 is 0 Å².